The van der Waals surface area contributed by atoms with Crippen LogP contribution in [0.4, 0.5) is 0 Å². The number of unbranched alkanes of at least 4 members (excludes halogenated alkanes) is 1. The fraction of sp³-hybridized carbons (Fsp3) is 0.545. The van der Waals surface area contributed by atoms with E-state index in [1.54, 1.807) is 0 Å². The first kappa shape index (κ1) is 11.5. The number of rotatable bonds is 5. The zero-order valence-corrected chi connectivity index (χ0v) is 10.3. The highest BCUT2D eigenvalue weighted by atomic mass is 79.9. The summed E-state index contributed by atoms with van der Waals surface area (Å²) in [6.07, 6.45) is 4.16. The van der Waals surface area contributed by atoms with Crippen LogP contribution in [0.15, 0.2) is 10.5 Å². The third-order valence-electron chi connectivity index (χ3n) is 2.38. The molecule has 0 spiro atoms. The van der Waals surface area contributed by atoms with Crippen LogP contribution in [0, 0.1) is 0 Å². The molecule has 0 bridgehead atoms. The summed E-state index contributed by atoms with van der Waals surface area (Å²) in [7, 11) is 0. The molecular formula is C11H16BrNO. The fourth-order valence-corrected chi connectivity index (χ4v) is 2.34. The molecule has 1 heterocycles. The number of aromatic nitrogens is 1. The molecule has 0 unspecified atom stereocenters. The van der Waals surface area contributed by atoms with Gasteiger partial charge in [-0.05, 0) is 34.8 Å². The predicted octanol–water partition coefficient (Wildman–Crippen LogP) is 3.43. The van der Waals surface area contributed by atoms with Gasteiger partial charge in [-0.3, -0.25) is 4.79 Å². The van der Waals surface area contributed by atoms with E-state index in [9.17, 15) is 4.79 Å². The van der Waals surface area contributed by atoms with Crippen molar-refractivity contribution in [3.8, 4) is 0 Å². The van der Waals surface area contributed by atoms with Crippen molar-refractivity contribution in [2.75, 3.05) is 0 Å². The smallest absolute Gasteiger partial charge is 0.166 e. The number of hydrogen-bond acceptors (Lipinski definition) is 1. The maximum absolute atomic E-state index is 10.8. The van der Waals surface area contributed by atoms with E-state index in [2.05, 4.69) is 34.3 Å². The summed E-state index contributed by atoms with van der Waals surface area (Å²) in [6.45, 7) is 5.21. The lowest BCUT2D eigenvalue weighted by Crippen LogP contribution is -2.06. The van der Waals surface area contributed by atoms with Crippen molar-refractivity contribution >= 4 is 22.2 Å². The predicted molar refractivity (Wildman–Crippen MR) is 61.8 cm³/mol. The zero-order valence-electron chi connectivity index (χ0n) is 8.72. The lowest BCUT2D eigenvalue weighted by atomic mass is 10.3. The zero-order chi connectivity index (χ0) is 10.6. The number of carbonyl (C=O) groups excluding carboxylic acids is 1. The Morgan fingerprint density at radius 1 is 1.50 bits per heavy atom. The third-order valence-corrected chi connectivity index (χ3v) is 3.07. The average Bonchev–Trinajstić information content (AvgIpc) is 2.50. The molecule has 0 aliphatic heterocycles. The number of aldehydes is 1. The molecule has 78 valence electrons. The molecule has 0 saturated carbocycles. The molecule has 1 aromatic rings. The van der Waals surface area contributed by atoms with Crippen molar-refractivity contribution < 1.29 is 4.79 Å². The van der Waals surface area contributed by atoms with E-state index in [1.165, 1.54) is 5.69 Å². The van der Waals surface area contributed by atoms with Crippen LogP contribution in [-0.2, 0) is 13.0 Å². The largest absolute Gasteiger partial charge is 0.341 e. The van der Waals surface area contributed by atoms with Crippen molar-refractivity contribution in [2.45, 2.75) is 39.7 Å². The van der Waals surface area contributed by atoms with Gasteiger partial charge in [-0.15, -0.1) is 0 Å². The van der Waals surface area contributed by atoms with Crippen LogP contribution in [0.25, 0.3) is 0 Å². The second-order valence-electron chi connectivity index (χ2n) is 3.34. The maximum atomic E-state index is 10.8. The van der Waals surface area contributed by atoms with Crippen molar-refractivity contribution in [1.82, 2.24) is 4.57 Å². The second-order valence-corrected chi connectivity index (χ2v) is 4.19. The first-order valence-electron chi connectivity index (χ1n) is 5.07. The Morgan fingerprint density at radius 2 is 2.21 bits per heavy atom. The van der Waals surface area contributed by atoms with E-state index in [0.717, 1.165) is 42.3 Å². The minimum Gasteiger partial charge on any atom is -0.341 e. The van der Waals surface area contributed by atoms with Crippen molar-refractivity contribution in [3.63, 3.8) is 0 Å². The van der Waals surface area contributed by atoms with Gasteiger partial charge in [0.1, 0.15) is 0 Å². The van der Waals surface area contributed by atoms with Gasteiger partial charge in [-0.25, -0.2) is 0 Å². The normalized spacial score (nSPS) is 10.5. The SMILES string of the molecule is CCCCn1c(C=O)cc(Br)c1CC. The summed E-state index contributed by atoms with van der Waals surface area (Å²) in [5.74, 6) is 0. The summed E-state index contributed by atoms with van der Waals surface area (Å²) < 4.78 is 3.17. The molecule has 0 aromatic carbocycles. The van der Waals surface area contributed by atoms with Crippen LogP contribution in [0.1, 0.15) is 42.9 Å². The van der Waals surface area contributed by atoms with Crippen molar-refractivity contribution in [3.05, 3.63) is 21.9 Å². The summed E-state index contributed by atoms with van der Waals surface area (Å²) in [5, 5.41) is 0. The number of nitrogens with zero attached hydrogens (tertiary/aromatic N) is 1. The van der Waals surface area contributed by atoms with Gasteiger partial charge in [-0.1, -0.05) is 20.3 Å². The maximum Gasteiger partial charge on any atom is 0.166 e. The first-order chi connectivity index (χ1) is 6.74. The molecule has 0 amide bonds. The molecule has 1 rings (SSSR count). The minimum atomic E-state index is 0.780. The van der Waals surface area contributed by atoms with E-state index in [1.807, 2.05) is 6.07 Å². The topological polar surface area (TPSA) is 22.0 Å². The van der Waals surface area contributed by atoms with E-state index in [0.29, 0.717) is 0 Å². The lowest BCUT2D eigenvalue weighted by molar-refractivity contribution is 0.111. The Labute approximate surface area is 93.4 Å². The quantitative estimate of drug-likeness (QED) is 0.741. The van der Waals surface area contributed by atoms with Crippen molar-refractivity contribution in [1.29, 1.82) is 0 Å². The highest BCUT2D eigenvalue weighted by molar-refractivity contribution is 9.10. The Morgan fingerprint density at radius 3 is 2.71 bits per heavy atom. The molecule has 0 fully saturated rings. The highest BCUT2D eigenvalue weighted by Crippen LogP contribution is 2.22. The van der Waals surface area contributed by atoms with Gasteiger partial charge in [0.05, 0.1) is 5.69 Å². The molecule has 14 heavy (non-hydrogen) atoms. The minimum absolute atomic E-state index is 0.780. The number of carbonyl (C=O) groups is 1. The van der Waals surface area contributed by atoms with Crippen LogP contribution >= 0.6 is 15.9 Å². The van der Waals surface area contributed by atoms with Gasteiger partial charge < -0.3 is 4.57 Å². The molecule has 0 N–H and O–H groups in total. The van der Waals surface area contributed by atoms with Crippen LogP contribution < -0.4 is 0 Å². The highest BCUT2D eigenvalue weighted by Gasteiger charge is 2.10. The number of hydrogen-bond donors (Lipinski definition) is 0. The molecular weight excluding hydrogens is 242 g/mol. The van der Waals surface area contributed by atoms with Gasteiger partial charge in [0.15, 0.2) is 6.29 Å². The molecule has 2 nitrogen and oxygen atoms in total. The molecule has 1 aromatic heterocycles. The second kappa shape index (κ2) is 5.35. The van der Waals surface area contributed by atoms with E-state index in [4.69, 9.17) is 0 Å². The van der Waals surface area contributed by atoms with E-state index in [-0.39, 0.29) is 0 Å². The molecule has 0 saturated heterocycles. The molecule has 0 aliphatic rings. The lowest BCUT2D eigenvalue weighted by Gasteiger charge is -2.08. The Bertz CT molecular complexity index is 317. The van der Waals surface area contributed by atoms with Gasteiger partial charge in [-0.2, -0.15) is 0 Å². The monoisotopic (exact) mass is 257 g/mol. The van der Waals surface area contributed by atoms with Gasteiger partial charge in [0.25, 0.3) is 0 Å². The summed E-state index contributed by atoms with van der Waals surface area (Å²) in [4.78, 5) is 10.8. The summed E-state index contributed by atoms with van der Waals surface area (Å²) in [6, 6.07) is 1.90. The van der Waals surface area contributed by atoms with Gasteiger partial charge in [0.2, 0.25) is 0 Å². The molecule has 0 atom stereocenters. The molecule has 0 aliphatic carbocycles. The van der Waals surface area contributed by atoms with Crippen LogP contribution in [0.3, 0.4) is 0 Å². The Hall–Kier alpha value is -0.570. The van der Waals surface area contributed by atoms with Crippen LogP contribution in [0.5, 0.6) is 0 Å². The summed E-state index contributed by atoms with van der Waals surface area (Å²) >= 11 is 3.48. The van der Waals surface area contributed by atoms with Gasteiger partial charge in [0, 0.05) is 16.7 Å². The number of halogens is 1. The van der Waals surface area contributed by atoms with E-state index < -0.39 is 0 Å². The van der Waals surface area contributed by atoms with Gasteiger partial charge >= 0.3 is 0 Å². The Balaban J connectivity index is 3.01. The molecule has 0 radical (unpaired) electrons. The molecule has 3 heteroatoms. The fourth-order valence-electron chi connectivity index (χ4n) is 1.61. The summed E-state index contributed by atoms with van der Waals surface area (Å²) in [5.41, 5.74) is 2.00. The van der Waals surface area contributed by atoms with E-state index >= 15 is 0 Å². The standard InChI is InChI=1S/C11H16BrNO/c1-3-5-6-13-9(8-14)7-10(12)11(13)4-2/h7-8H,3-6H2,1-2H3. The third kappa shape index (κ3) is 2.27. The van der Waals surface area contributed by atoms with Crippen LogP contribution in [-0.4, -0.2) is 10.9 Å². The first-order valence-corrected chi connectivity index (χ1v) is 5.86. The van der Waals surface area contributed by atoms with Crippen LogP contribution in [0.2, 0.25) is 0 Å². The Kier molecular flexibility index (Phi) is 4.39. The van der Waals surface area contributed by atoms with Crippen molar-refractivity contribution in [2.24, 2.45) is 0 Å². The average molecular weight is 258 g/mol.